The zero-order valence-electron chi connectivity index (χ0n) is 20.9. The molecule has 0 aromatic heterocycles. The maximum Gasteiger partial charge on any atom is 0.229 e. The first-order valence-corrected chi connectivity index (χ1v) is 14.9. The van der Waals surface area contributed by atoms with Crippen LogP contribution in [0, 0.1) is 5.41 Å². The van der Waals surface area contributed by atoms with Gasteiger partial charge in [0.05, 0.1) is 17.2 Å². The minimum Gasteiger partial charge on any atom is -0.330 e. The molecule has 36 heavy (non-hydrogen) atoms. The molecule has 5 nitrogen and oxygen atoms in total. The molecule has 2 aliphatic heterocycles. The van der Waals surface area contributed by atoms with Gasteiger partial charge in [0.2, 0.25) is 15.9 Å². The fourth-order valence-electron chi connectivity index (χ4n) is 5.83. The van der Waals surface area contributed by atoms with Crippen molar-refractivity contribution in [2.45, 2.75) is 57.5 Å². The summed E-state index contributed by atoms with van der Waals surface area (Å²) < 4.78 is 27.0. The summed E-state index contributed by atoms with van der Waals surface area (Å²) in [5, 5.41) is 1.27. The number of halogens is 2. The topological polar surface area (TPSA) is 57.7 Å². The lowest BCUT2D eigenvalue weighted by atomic mass is 9.67. The molecular weight excluding hydrogens is 515 g/mol. The van der Waals surface area contributed by atoms with Gasteiger partial charge in [0.25, 0.3) is 0 Å². The smallest absolute Gasteiger partial charge is 0.229 e. The van der Waals surface area contributed by atoms with E-state index >= 15 is 0 Å². The third-order valence-corrected chi connectivity index (χ3v) is 10.1. The summed E-state index contributed by atoms with van der Waals surface area (Å²) in [7, 11) is -3.30. The molecule has 0 radical (unpaired) electrons. The molecule has 2 aromatic rings. The van der Waals surface area contributed by atoms with Crippen molar-refractivity contribution in [3.05, 3.63) is 82.4 Å². The second-order valence-electron chi connectivity index (χ2n) is 10.2. The zero-order valence-corrected chi connectivity index (χ0v) is 23.2. The summed E-state index contributed by atoms with van der Waals surface area (Å²) in [5.74, 6) is 0.151. The van der Waals surface area contributed by atoms with Crippen LogP contribution >= 0.6 is 23.2 Å². The highest BCUT2D eigenvalue weighted by Gasteiger charge is 2.51. The maximum absolute atomic E-state index is 14.3. The lowest BCUT2D eigenvalue weighted by molar-refractivity contribution is -0.154. The van der Waals surface area contributed by atoms with Crippen LogP contribution < -0.4 is 0 Å². The van der Waals surface area contributed by atoms with Crippen molar-refractivity contribution in [2.75, 3.05) is 18.8 Å². The molecule has 0 spiro atoms. The number of piperidine rings is 1. The highest BCUT2D eigenvalue weighted by Crippen LogP contribution is 2.52. The predicted octanol–water partition coefficient (Wildman–Crippen LogP) is 6.45. The van der Waals surface area contributed by atoms with Crippen molar-refractivity contribution in [3.63, 3.8) is 0 Å². The van der Waals surface area contributed by atoms with Gasteiger partial charge < -0.3 is 4.90 Å². The number of hydrogen-bond donors (Lipinski definition) is 0. The Hall–Kier alpha value is -1.86. The molecule has 4 rings (SSSR count). The largest absolute Gasteiger partial charge is 0.330 e. The number of carbonyl (C=O) groups is 1. The van der Waals surface area contributed by atoms with E-state index in [2.05, 4.69) is 12.6 Å². The second kappa shape index (κ2) is 10.9. The quantitative estimate of drug-likeness (QED) is 0.356. The van der Waals surface area contributed by atoms with Crippen LogP contribution in [0.15, 0.2) is 61.2 Å². The van der Waals surface area contributed by atoms with Gasteiger partial charge in [-0.05, 0) is 61.1 Å². The number of allylic oxidation sites excluding steroid dienone is 1. The van der Waals surface area contributed by atoms with Gasteiger partial charge in [-0.1, -0.05) is 67.4 Å². The molecular formula is C28H34Cl2N2O3S. The molecule has 0 aliphatic carbocycles. The van der Waals surface area contributed by atoms with Crippen molar-refractivity contribution in [2.24, 2.45) is 5.41 Å². The lowest BCUT2D eigenvalue weighted by Crippen LogP contribution is -2.57. The fourth-order valence-corrected chi connectivity index (χ4v) is 7.72. The molecule has 0 N–H and O–H groups in total. The molecule has 2 aliphatic rings. The van der Waals surface area contributed by atoms with Crippen LogP contribution in [-0.2, 0) is 14.8 Å². The number of rotatable bonds is 8. The first-order chi connectivity index (χ1) is 17.1. The summed E-state index contributed by atoms with van der Waals surface area (Å²) >= 11 is 12.7. The molecule has 1 amide bonds. The number of benzene rings is 2. The van der Waals surface area contributed by atoms with Gasteiger partial charge in [0.15, 0.2) is 0 Å². The van der Waals surface area contributed by atoms with E-state index < -0.39 is 15.4 Å². The van der Waals surface area contributed by atoms with E-state index in [1.165, 1.54) is 0 Å². The average Bonchev–Trinajstić information content (AvgIpc) is 3.17. The third kappa shape index (κ3) is 5.38. The van der Waals surface area contributed by atoms with Crippen molar-refractivity contribution in [3.8, 4) is 0 Å². The van der Waals surface area contributed by atoms with Crippen LogP contribution in [0.25, 0.3) is 0 Å². The molecule has 8 heteroatoms. The molecule has 0 saturated carbocycles. The molecule has 2 heterocycles. The number of carbonyl (C=O) groups excluding carboxylic acids is 1. The lowest BCUT2D eigenvalue weighted by Gasteiger charge is -2.52. The van der Waals surface area contributed by atoms with E-state index in [0.29, 0.717) is 48.8 Å². The van der Waals surface area contributed by atoms with Crippen LogP contribution in [0.1, 0.15) is 62.6 Å². The van der Waals surface area contributed by atoms with Crippen molar-refractivity contribution in [1.29, 1.82) is 0 Å². The maximum atomic E-state index is 14.3. The molecule has 4 atom stereocenters. The summed E-state index contributed by atoms with van der Waals surface area (Å²) in [4.78, 5) is 16.3. The zero-order chi connectivity index (χ0) is 26.1. The standard InChI is InChI=1S/C28H34Cl2N2O3S/c1-4-14-28(3)18-25(21-8-6-9-23(30)17-21)26(20-10-12-22(29)13-11-20)32(27(28)33)24(5-2)19-31-15-7-16-36(31,34)35/h4,6,8-13,17,24-26H,1,5,7,14-16,18-19H2,2-3H3/t24?,25?,26-,28+/m1/s1. The number of amides is 1. The summed E-state index contributed by atoms with van der Waals surface area (Å²) in [5.41, 5.74) is 1.36. The average molecular weight is 550 g/mol. The van der Waals surface area contributed by atoms with Gasteiger partial charge in [-0.2, -0.15) is 4.31 Å². The van der Waals surface area contributed by atoms with E-state index in [4.69, 9.17) is 23.2 Å². The Labute approximate surface area is 225 Å². The SMILES string of the molecule is C=CC[C@@]1(C)CC(c2cccc(Cl)c2)[C@@H](c2ccc(Cl)cc2)N(C(CC)CN2CCCS2(=O)=O)C1=O. The normalized spacial score (nSPS) is 27.2. The Kier molecular flexibility index (Phi) is 8.20. The van der Waals surface area contributed by atoms with Crippen LogP contribution in [0.2, 0.25) is 10.0 Å². The summed E-state index contributed by atoms with van der Waals surface area (Å²) in [6.45, 7) is 8.74. The Morgan fingerprint density at radius 1 is 1.14 bits per heavy atom. The van der Waals surface area contributed by atoms with Gasteiger partial charge in [-0.15, -0.1) is 6.58 Å². The van der Waals surface area contributed by atoms with Crippen molar-refractivity contribution in [1.82, 2.24) is 9.21 Å². The number of sulfonamides is 1. The molecule has 194 valence electrons. The Bertz CT molecular complexity index is 1220. The second-order valence-corrected chi connectivity index (χ2v) is 13.2. The van der Waals surface area contributed by atoms with E-state index in [1.807, 2.05) is 61.2 Å². The van der Waals surface area contributed by atoms with Gasteiger partial charge in [0.1, 0.15) is 0 Å². The fraction of sp³-hybridized carbons (Fsp3) is 0.464. The minimum atomic E-state index is -3.30. The monoisotopic (exact) mass is 548 g/mol. The summed E-state index contributed by atoms with van der Waals surface area (Å²) in [6, 6.07) is 14.9. The van der Waals surface area contributed by atoms with E-state index in [0.717, 1.165) is 11.1 Å². The van der Waals surface area contributed by atoms with Crippen molar-refractivity contribution < 1.29 is 13.2 Å². The van der Waals surface area contributed by atoms with Crippen molar-refractivity contribution >= 4 is 39.1 Å². The van der Waals surface area contributed by atoms with Crippen LogP contribution in [-0.4, -0.2) is 48.4 Å². The van der Waals surface area contributed by atoms with Crippen LogP contribution in [0.4, 0.5) is 0 Å². The predicted molar refractivity (Wildman–Crippen MR) is 147 cm³/mol. The first kappa shape index (κ1) is 27.2. The molecule has 0 bridgehead atoms. The molecule has 2 aromatic carbocycles. The van der Waals surface area contributed by atoms with E-state index in [-0.39, 0.29) is 29.7 Å². The molecule has 2 unspecified atom stereocenters. The van der Waals surface area contributed by atoms with Gasteiger partial charge in [0, 0.05) is 35.1 Å². The third-order valence-electron chi connectivity index (χ3n) is 7.67. The highest BCUT2D eigenvalue weighted by atomic mass is 35.5. The Morgan fingerprint density at radius 2 is 1.86 bits per heavy atom. The first-order valence-electron chi connectivity index (χ1n) is 12.5. The van der Waals surface area contributed by atoms with E-state index in [9.17, 15) is 13.2 Å². The molecule has 2 fully saturated rings. The Morgan fingerprint density at radius 3 is 2.44 bits per heavy atom. The van der Waals surface area contributed by atoms with Gasteiger partial charge >= 0.3 is 0 Å². The highest BCUT2D eigenvalue weighted by molar-refractivity contribution is 7.89. The Balaban J connectivity index is 1.87. The minimum absolute atomic E-state index is 0.0315. The van der Waals surface area contributed by atoms with Gasteiger partial charge in [-0.3, -0.25) is 4.79 Å². The number of hydrogen-bond acceptors (Lipinski definition) is 3. The molecule has 2 saturated heterocycles. The number of nitrogens with zero attached hydrogens (tertiary/aromatic N) is 2. The van der Waals surface area contributed by atoms with Gasteiger partial charge in [-0.25, -0.2) is 8.42 Å². The van der Waals surface area contributed by atoms with Crippen LogP contribution in [0.3, 0.4) is 0 Å². The van der Waals surface area contributed by atoms with Crippen LogP contribution in [0.5, 0.6) is 0 Å². The summed E-state index contributed by atoms with van der Waals surface area (Å²) in [6.07, 6.45) is 4.21. The van der Waals surface area contributed by atoms with E-state index in [1.54, 1.807) is 10.4 Å². The number of likely N-dealkylation sites (tertiary alicyclic amines) is 1.